The fourth-order valence-corrected chi connectivity index (χ4v) is 5.64. The summed E-state index contributed by atoms with van der Waals surface area (Å²) in [7, 11) is -0.185. The summed E-state index contributed by atoms with van der Waals surface area (Å²) in [6, 6.07) is 13.0. The highest BCUT2D eigenvalue weighted by Gasteiger charge is 2.42. The van der Waals surface area contributed by atoms with Crippen LogP contribution in [0.2, 0.25) is 0 Å². The molecule has 2 aliphatic heterocycles. The lowest BCUT2D eigenvalue weighted by Crippen LogP contribution is -2.47. The van der Waals surface area contributed by atoms with Crippen LogP contribution in [0.25, 0.3) is 0 Å². The van der Waals surface area contributed by atoms with Gasteiger partial charge in [-0.05, 0) is 49.9 Å². The minimum Gasteiger partial charge on any atom is -0.349 e. The van der Waals surface area contributed by atoms with Crippen molar-refractivity contribution < 1.29 is 0 Å². The number of hydrogen-bond acceptors (Lipinski definition) is 3. The van der Waals surface area contributed by atoms with Gasteiger partial charge in [0.25, 0.3) is 0 Å². The van der Waals surface area contributed by atoms with Crippen molar-refractivity contribution in [2.24, 2.45) is 0 Å². The summed E-state index contributed by atoms with van der Waals surface area (Å²) < 4.78 is 2.56. The Morgan fingerprint density at radius 1 is 1.25 bits per heavy atom. The van der Waals surface area contributed by atoms with Crippen LogP contribution in [-0.2, 0) is 6.54 Å². The van der Waals surface area contributed by atoms with E-state index < -0.39 is 0 Å². The minimum absolute atomic E-state index is 0.158. The number of aryl methyl sites for hydroxylation is 1. The highest BCUT2D eigenvalue weighted by Crippen LogP contribution is 2.46. The Morgan fingerprint density at radius 2 is 2.08 bits per heavy atom. The maximum Gasteiger partial charge on any atom is 0.143 e. The van der Waals surface area contributed by atoms with Crippen LogP contribution in [0.5, 0.6) is 0 Å². The summed E-state index contributed by atoms with van der Waals surface area (Å²) in [6.07, 6.45) is 4.39. The number of fused-ring (bicyclic) bond motifs is 3. The molecular weight excluding hydrogens is 314 g/mol. The summed E-state index contributed by atoms with van der Waals surface area (Å²) in [4.78, 5) is 8.56. The first-order valence-electron chi connectivity index (χ1n) is 8.65. The molecule has 0 radical (unpaired) electrons. The van der Waals surface area contributed by atoms with Crippen LogP contribution in [-0.4, -0.2) is 33.8 Å². The normalized spacial score (nSPS) is 26.8. The summed E-state index contributed by atoms with van der Waals surface area (Å²) in [5, 5.41) is 0. The van der Waals surface area contributed by atoms with Gasteiger partial charge < -0.3 is 4.90 Å². The van der Waals surface area contributed by atoms with E-state index in [4.69, 9.17) is 4.98 Å². The molecule has 1 fully saturated rings. The Morgan fingerprint density at radius 3 is 2.92 bits per heavy atom. The van der Waals surface area contributed by atoms with Gasteiger partial charge >= 0.3 is 0 Å². The third-order valence-corrected chi connectivity index (χ3v) is 7.15. The smallest absolute Gasteiger partial charge is 0.143 e. The van der Waals surface area contributed by atoms with Gasteiger partial charge in [-0.1, -0.05) is 40.8 Å². The summed E-state index contributed by atoms with van der Waals surface area (Å²) in [5.74, 6) is 5.71. The van der Waals surface area contributed by atoms with E-state index in [-0.39, 0.29) is 16.2 Å². The predicted octanol–water partition coefficient (Wildman–Crippen LogP) is 4.24. The van der Waals surface area contributed by atoms with E-state index in [0.29, 0.717) is 0 Å². The van der Waals surface area contributed by atoms with E-state index in [9.17, 15) is 0 Å². The number of anilines is 1. The second-order valence-electron chi connectivity index (χ2n) is 7.17. The SMILES string of the molecule is C=S1c2cccnc2N2CCCC2(C)CN1Cc1ccccc1C. The van der Waals surface area contributed by atoms with E-state index in [2.05, 4.69) is 65.3 Å². The molecule has 24 heavy (non-hydrogen) atoms. The molecule has 0 N–H and O–H groups in total. The number of nitrogens with zero attached hydrogens (tertiary/aromatic N) is 3. The summed E-state index contributed by atoms with van der Waals surface area (Å²) in [5.41, 5.74) is 2.92. The number of benzene rings is 1. The molecule has 1 aromatic carbocycles. The van der Waals surface area contributed by atoms with Crippen molar-refractivity contribution in [1.82, 2.24) is 9.29 Å². The van der Waals surface area contributed by atoms with Crippen LogP contribution in [0.4, 0.5) is 5.82 Å². The molecule has 3 heterocycles. The van der Waals surface area contributed by atoms with Crippen LogP contribution in [0.15, 0.2) is 47.5 Å². The molecule has 0 aliphatic carbocycles. The molecular formula is C20H25N3S. The molecule has 0 bridgehead atoms. The van der Waals surface area contributed by atoms with Crippen molar-refractivity contribution in [3.05, 3.63) is 53.7 Å². The molecule has 0 saturated carbocycles. The van der Waals surface area contributed by atoms with Crippen LogP contribution in [0.3, 0.4) is 0 Å². The number of aromatic nitrogens is 1. The highest BCUT2D eigenvalue weighted by atomic mass is 32.2. The monoisotopic (exact) mass is 339 g/mol. The zero-order valence-electron chi connectivity index (χ0n) is 14.5. The summed E-state index contributed by atoms with van der Waals surface area (Å²) in [6.45, 7) is 7.70. The Bertz CT molecular complexity index is 788. The van der Waals surface area contributed by atoms with E-state index >= 15 is 0 Å². The largest absolute Gasteiger partial charge is 0.349 e. The molecule has 1 aromatic heterocycles. The average Bonchev–Trinajstić information content (AvgIpc) is 2.93. The molecule has 0 spiro atoms. The zero-order valence-corrected chi connectivity index (χ0v) is 15.4. The first kappa shape index (κ1) is 15.9. The van der Waals surface area contributed by atoms with Gasteiger partial charge in [-0.3, -0.25) is 0 Å². The second-order valence-corrected chi connectivity index (χ2v) is 8.85. The molecule has 2 unspecified atom stereocenters. The maximum atomic E-state index is 4.74. The lowest BCUT2D eigenvalue weighted by molar-refractivity contribution is 0.339. The number of rotatable bonds is 2. The van der Waals surface area contributed by atoms with E-state index in [1.165, 1.54) is 28.9 Å². The Kier molecular flexibility index (Phi) is 3.97. The number of hydrogen-bond donors (Lipinski definition) is 0. The lowest BCUT2D eigenvalue weighted by atomic mass is 9.98. The Balaban J connectivity index is 1.76. The fraction of sp³-hybridized carbons (Fsp3) is 0.400. The zero-order chi connectivity index (χ0) is 16.7. The molecule has 2 atom stereocenters. The van der Waals surface area contributed by atoms with Crippen molar-refractivity contribution in [2.75, 3.05) is 18.0 Å². The standard InChI is InChI=1S/C20H25N3S/c1-16-8-4-5-9-17(16)14-22-15-20(2)11-7-13-23(20)19-18(24(22)3)10-6-12-21-19/h4-6,8-10,12H,3,7,11,13-15H2,1-2H3. The van der Waals surface area contributed by atoms with Crippen molar-refractivity contribution in [1.29, 1.82) is 0 Å². The Labute approximate surface area is 147 Å². The van der Waals surface area contributed by atoms with Gasteiger partial charge in [-0.2, -0.15) is 0 Å². The third-order valence-electron chi connectivity index (χ3n) is 5.45. The van der Waals surface area contributed by atoms with Gasteiger partial charge in [0, 0.05) is 25.8 Å². The fourth-order valence-electron chi connectivity index (χ4n) is 4.03. The van der Waals surface area contributed by atoms with Gasteiger partial charge in [0.2, 0.25) is 0 Å². The van der Waals surface area contributed by atoms with Gasteiger partial charge in [0.05, 0.1) is 10.4 Å². The van der Waals surface area contributed by atoms with Gasteiger partial charge in [-0.25, -0.2) is 9.29 Å². The van der Waals surface area contributed by atoms with Crippen LogP contribution >= 0.6 is 10.7 Å². The number of pyridine rings is 1. The molecule has 1 saturated heterocycles. The van der Waals surface area contributed by atoms with Crippen molar-refractivity contribution in [3.8, 4) is 0 Å². The molecule has 3 nitrogen and oxygen atoms in total. The van der Waals surface area contributed by atoms with E-state index in [1.54, 1.807) is 0 Å². The quantitative estimate of drug-likeness (QED) is 0.763. The van der Waals surface area contributed by atoms with Crippen molar-refractivity contribution in [2.45, 2.75) is 43.7 Å². The Hall–Kier alpha value is -1.65. The summed E-state index contributed by atoms with van der Waals surface area (Å²) >= 11 is 0. The minimum atomic E-state index is -0.185. The van der Waals surface area contributed by atoms with Gasteiger partial charge in [-0.15, -0.1) is 0 Å². The van der Waals surface area contributed by atoms with Gasteiger partial charge in [0.1, 0.15) is 5.82 Å². The average molecular weight is 340 g/mol. The molecule has 0 amide bonds. The van der Waals surface area contributed by atoms with Crippen molar-refractivity contribution >= 4 is 22.4 Å². The highest BCUT2D eigenvalue weighted by molar-refractivity contribution is 8.12. The van der Waals surface area contributed by atoms with Crippen LogP contribution < -0.4 is 4.90 Å². The third kappa shape index (κ3) is 2.58. The van der Waals surface area contributed by atoms with E-state index in [0.717, 1.165) is 25.5 Å². The first-order chi connectivity index (χ1) is 11.6. The predicted molar refractivity (Wildman–Crippen MR) is 104 cm³/mol. The maximum absolute atomic E-state index is 4.74. The second kappa shape index (κ2) is 6.01. The van der Waals surface area contributed by atoms with Crippen molar-refractivity contribution in [3.63, 3.8) is 0 Å². The molecule has 2 aromatic rings. The molecule has 2 aliphatic rings. The topological polar surface area (TPSA) is 19.4 Å². The van der Waals surface area contributed by atoms with Gasteiger partial charge in [0.15, 0.2) is 0 Å². The molecule has 4 rings (SSSR count). The van der Waals surface area contributed by atoms with E-state index in [1.807, 2.05) is 6.20 Å². The molecule has 126 valence electrons. The lowest BCUT2D eigenvalue weighted by Gasteiger charge is -2.37. The first-order valence-corrected chi connectivity index (χ1v) is 10.00. The molecule has 4 heteroatoms. The van der Waals surface area contributed by atoms with Crippen LogP contribution in [0, 0.1) is 6.92 Å². The van der Waals surface area contributed by atoms with Crippen LogP contribution in [0.1, 0.15) is 30.9 Å².